The molecule has 2 aromatic rings. The smallest absolute Gasteiger partial charge is 0.427 e. The number of benzene rings is 2. The first-order valence-electron chi connectivity index (χ1n) is 6.41. The molecule has 0 saturated heterocycles. The molecular weight excluding hydrogens is 296 g/mol. The van der Waals surface area contributed by atoms with E-state index in [0.717, 1.165) is 4.92 Å². The molecular formula is C14H10BF3N2O2. The summed E-state index contributed by atoms with van der Waals surface area (Å²) in [6.07, 6.45) is -3.34. The van der Waals surface area contributed by atoms with Gasteiger partial charge in [-0.1, -0.05) is 36.4 Å². The van der Waals surface area contributed by atoms with Gasteiger partial charge in [-0.2, -0.15) is 5.10 Å². The largest absolute Gasteiger partial charge is 0.573 e. The summed E-state index contributed by atoms with van der Waals surface area (Å²) in [6, 6.07) is 12.5. The monoisotopic (exact) mass is 306 g/mol. The Morgan fingerprint density at radius 3 is 2.50 bits per heavy atom. The molecule has 4 nitrogen and oxygen atoms in total. The Kier molecular flexibility index (Phi) is 3.54. The van der Waals surface area contributed by atoms with E-state index in [4.69, 9.17) is 0 Å². The second kappa shape index (κ2) is 5.38. The third-order valence-electron chi connectivity index (χ3n) is 3.16. The Hall–Kier alpha value is -2.48. The van der Waals surface area contributed by atoms with Crippen molar-refractivity contribution in [3.05, 3.63) is 54.1 Å². The third kappa shape index (κ3) is 2.78. The average molecular weight is 306 g/mol. The maximum atomic E-state index is 12.5. The molecule has 0 spiro atoms. The van der Waals surface area contributed by atoms with E-state index in [9.17, 15) is 18.2 Å². The molecule has 0 radical (unpaired) electrons. The number of para-hydroxylation sites is 2. The van der Waals surface area contributed by atoms with Crippen LogP contribution in [0.15, 0.2) is 53.6 Å². The van der Waals surface area contributed by atoms with E-state index in [-0.39, 0.29) is 5.69 Å². The predicted molar refractivity (Wildman–Crippen MR) is 77.2 cm³/mol. The van der Waals surface area contributed by atoms with E-state index in [1.165, 1.54) is 24.4 Å². The third-order valence-corrected chi connectivity index (χ3v) is 3.16. The summed E-state index contributed by atoms with van der Waals surface area (Å²) in [5.41, 5.74) is 1.29. The highest BCUT2D eigenvalue weighted by Gasteiger charge is 2.36. The van der Waals surface area contributed by atoms with E-state index < -0.39 is 19.2 Å². The fourth-order valence-corrected chi connectivity index (χ4v) is 2.23. The van der Waals surface area contributed by atoms with E-state index >= 15 is 0 Å². The van der Waals surface area contributed by atoms with Crippen LogP contribution < -0.4 is 15.1 Å². The molecule has 1 heterocycles. The molecule has 8 heteroatoms. The molecule has 1 N–H and O–H groups in total. The molecule has 112 valence electrons. The molecule has 0 aromatic heterocycles. The van der Waals surface area contributed by atoms with Crippen LogP contribution in [-0.2, 0) is 0 Å². The summed E-state index contributed by atoms with van der Waals surface area (Å²) >= 11 is 0. The Labute approximate surface area is 124 Å². The summed E-state index contributed by atoms with van der Waals surface area (Å²) < 4.78 is 41.4. The minimum absolute atomic E-state index is 0.0260. The maximum absolute atomic E-state index is 12.5. The van der Waals surface area contributed by atoms with Gasteiger partial charge in [0.05, 0.1) is 11.9 Å². The molecule has 0 unspecified atom stereocenters. The van der Waals surface area contributed by atoms with Crippen LogP contribution in [0.1, 0.15) is 5.56 Å². The Bertz CT molecular complexity index is 721. The molecule has 1 aliphatic rings. The fourth-order valence-electron chi connectivity index (χ4n) is 2.23. The zero-order valence-electron chi connectivity index (χ0n) is 11.2. The summed E-state index contributed by atoms with van der Waals surface area (Å²) in [4.78, 5) is 1.09. The van der Waals surface area contributed by atoms with Crippen molar-refractivity contribution in [2.75, 3.05) is 4.92 Å². The first-order chi connectivity index (χ1) is 10.5. The highest BCUT2D eigenvalue weighted by molar-refractivity contribution is 6.71. The maximum Gasteiger partial charge on any atom is 0.573 e. The summed E-state index contributed by atoms with van der Waals surface area (Å²) in [7, 11) is -1.20. The van der Waals surface area contributed by atoms with Gasteiger partial charge in [0.2, 0.25) is 0 Å². The minimum atomic E-state index is -4.82. The number of ether oxygens (including phenoxy) is 1. The van der Waals surface area contributed by atoms with Gasteiger partial charge >= 0.3 is 13.4 Å². The molecule has 0 saturated carbocycles. The number of nitrogens with zero attached hydrogens (tertiary/aromatic N) is 2. The zero-order valence-corrected chi connectivity index (χ0v) is 11.2. The van der Waals surface area contributed by atoms with Crippen LogP contribution in [0, 0.1) is 0 Å². The van der Waals surface area contributed by atoms with Gasteiger partial charge in [-0.3, -0.25) is 4.92 Å². The molecule has 1 aliphatic heterocycles. The normalized spacial score (nSPS) is 14.0. The SMILES string of the molecule is OB1c2ccccc2C=NN1c1ccccc1OC(F)(F)F. The van der Waals surface area contributed by atoms with Crippen molar-refractivity contribution < 1.29 is 22.9 Å². The van der Waals surface area contributed by atoms with Crippen LogP contribution in [0.2, 0.25) is 0 Å². The molecule has 0 fully saturated rings. The Morgan fingerprint density at radius 2 is 1.73 bits per heavy atom. The lowest BCUT2D eigenvalue weighted by Gasteiger charge is -2.28. The fraction of sp³-hybridized carbons (Fsp3) is 0.0714. The van der Waals surface area contributed by atoms with Gasteiger partial charge in [0.25, 0.3) is 0 Å². The lowest BCUT2D eigenvalue weighted by atomic mass is 9.69. The summed E-state index contributed by atoms with van der Waals surface area (Å²) in [6.45, 7) is 0. The van der Waals surface area contributed by atoms with Crippen molar-refractivity contribution >= 4 is 24.4 Å². The van der Waals surface area contributed by atoms with Gasteiger partial charge in [-0.15, -0.1) is 13.2 Å². The quantitative estimate of drug-likeness (QED) is 0.865. The van der Waals surface area contributed by atoms with E-state index in [1.807, 2.05) is 0 Å². The predicted octanol–water partition coefficient (Wildman–Crippen LogP) is 2.13. The number of hydrogen-bond donors (Lipinski definition) is 1. The van der Waals surface area contributed by atoms with Crippen molar-refractivity contribution in [2.45, 2.75) is 6.36 Å². The molecule has 0 bridgehead atoms. The number of alkyl halides is 3. The van der Waals surface area contributed by atoms with Crippen LogP contribution in [0.4, 0.5) is 18.9 Å². The lowest BCUT2D eigenvalue weighted by molar-refractivity contribution is -0.274. The second-order valence-electron chi connectivity index (χ2n) is 4.61. The molecule has 2 aromatic carbocycles. The lowest BCUT2D eigenvalue weighted by Crippen LogP contribution is -2.50. The molecule has 3 rings (SSSR count). The second-order valence-corrected chi connectivity index (χ2v) is 4.61. The first kappa shape index (κ1) is 14.5. The van der Waals surface area contributed by atoms with E-state index in [0.29, 0.717) is 11.0 Å². The van der Waals surface area contributed by atoms with Crippen molar-refractivity contribution in [3.8, 4) is 5.75 Å². The number of anilines is 1. The molecule has 0 atom stereocenters. The van der Waals surface area contributed by atoms with Gasteiger partial charge in [0.1, 0.15) is 0 Å². The Morgan fingerprint density at radius 1 is 1.05 bits per heavy atom. The number of hydrogen-bond acceptors (Lipinski definition) is 4. The summed E-state index contributed by atoms with van der Waals surface area (Å²) in [5.74, 6) is -0.425. The number of halogens is 3. The topological polar surface area (TPSA) is 45.1 Å². The van der Waals surface area contributed by atoms with Gasteiger partial charge in [-0.05, 0) is 23.2 Å². The summed E-state index contributed by atoms with van der Waals surface area (Å²) in [5, 5.41) is 14.4. The molecule has 22 heavy (non-hydrogen) atoms. The van der Waals surface area contributed by atoms with Crippen molar-refractivity contribution in [1.82, 2.24) is 0 Å². The van der Waals surface area contributed by atoms with E-state index in [1.54, 1.807) is 30.3 Å². The number of hydrazone groups is 1. The van der Waals surface area contributed by atoms with E-state index in [2.05, 4.69) is 9.84 Å². The highest BCUT2D eigenvalue weighted by Crippen LogP contribution is 2.33. The van der Waals surface area contributed by atoms with Gasteiger partial charge in [0.15, 0.2) is 5.75 Å². The van der Waals surface area contributed by atoms with Crippen molar-refractivity contribution in [2.24, 2.45) is 5.10 Å². The molecule has 0 amide bonds. The highest BCUT2D eigenvalue weighted by atomic mass is 19.4. The number of fused-ring (bicyclic) bond motifs is 1. The zero-order chi connectivity index (χ0) is 15.7. The van der Waals surface area contributed by atoms with Gasteiger partial charge in [-0.25, -0.2) is 0 Å². The van der Waals surface area contributed by atoms with Crippen molar-refractivity contribution in [3.63, 3.8) is 0 Å². The van der Waals surface area contributed by atoms with Crippen LogP contribution >= 0.6 is 0 Å². The van der Waals surface area contributed by atoms with Crippen LogP contribution in [-0.4, -0.2) is 24.7 Å². The Balaban J connectivity index is 2.00. The first-order valence-corrected chi connectivity index (χ1v) is 6.41. The minimum Gasteiger partial charge on any atom is -0.427 e. The standard InChI is InChI=1S/C14H10BF3N2O2/c16-14(17,18)22-13-8-4-3-7-12(13)20-15(21)11-6-2-1-5-10(11)9-19-20/h1-9,21H. The van der Waals surface area contributed by atoms with Crippen LogP contribution in [0.25, 0.3) is 0 Å². The molecule has 0 aliphatic carbocycles. The number of rotatable bonds is 2. The van der Waals surface area contributed by atoms with Gasteiger partial charge < -0.3 is 9.76 Å². The van der Waals surface area contributed by atoms with Crippen molar-refractivity contribution in [1.29, 1.82) is 0 Å². The van der Waals surface area contributed by atoms with Crippen LogP contribution in [0.5, 0.6) is 5.75 Å². The average Bonchev–Trinajstić information content (AvgIpc) is 2.47. The van der Waals surface area contributed by atoms with Gasteiger partial charge in [0, 0.05) is 0 Å². The van der Waals surface area contributed by atoms with Crippen LogP contribution in [0.3, 0.4) is 0 Å².